The molecule has 0 aliphatic heterocycles. The van der Waals surface area contributed by atoms with Gasteiger partial charge in [0.2, 0.25) is 11.8 Å². The van der Waals surface area contributed by atoms with Crippen molar-refractivity contribution in [2.24, 2.45) is 5.92 Å². The second-order valence-corrected chi connectivity index (χ2v) is 6.12. The molecule has 1 N–H and O–H groups in total. The minimum absolute atomic E-state index is 0.0240. The Bertz CT molecular complexity index is 475. The molecule has 0 saturated carbocycles. The van der Waals surface area contributed by atoms with E-state index in [2.05, 4.69) is 21.2 Å². The molecule has 2 amide bonds. The van der Waals surface area contributed by atoms with Crippen molar-refractivity contribution in [3.05, 3.63) is 34.3 Å². The van der Waals surface area contributed by atoms with Crippen LogP contribution in [0.15, 0.2) is 28.7 Å². The minimum Gasteiger partial charge on any atom is -0.352 e. The summed E-state index contributed by atoms with van der Waals surface area (Å²) in [5, 5.41) is 2.87. The van der Waals surface area contributed by atoms with Crippen molar-refractivity contribution in [2.45, 2.75) is 26.3 Å². The van der Waals surface area contributed by atoms with Gasteiger partial charge in [0.15, 0.2) is 0 Å². The van der Waals surface area contributed by atoms with Gasteiger partial charge in [-0.15, -0.1) is 0 Å². The van der Waals surface area contributed by atoms with Crippen molar-refractivity contribution in [3.8, 4) is 0 Å². The van der Waals surface area contributed by atoms with Crippen LogP contribution < -0.4 is 5.32 Å². The van der Waals surface area contributed by atoms with E-state index in [-0.39, 0.29) is 17.7 Å². The number of hydrogen-bond donors (Lipinski definition) is 1. The van der Waals surface area contributed by atoms with Crippen LogP contribution in [0.2, 0.25) is 0 Å². The molecule has 0 fully saturated rings. The predicted octanol–water partition coefficient (Wildman–Crippen LogP) is 2.57. The summed E-state index contributed by atoms with van der Waals surface area (Å²) in [4.78, 5) is 24.9. The van der Waals surface area contributed by atoms with Crippen LogP contribution in [0.5, 0.6) is 0 Å². The van der Waals surface area contributed by atoms with E-state index < -0.39 is 0 Å². The first-order chi connectivity index (χ1) is 9.38. The lowest BCUT2D eigenvalue weighted by Crippen LogP contribution is -2.28. The summed E-state index contributed by atoms with van der Waals surface area (Å²) in [6.45, 7) is 2.42. The number of carbonyl (C=O) groups excluding carboxylic acids is 2. The van der Waals surface area contributed by atoms with Crippen LogP contribution >= 0.6 is 15.9 Å². The molecular weight excluding hydrogens is 320 g/mol. The van der Waals surface area contributed by atoms with E-state index in [4.69, 9.17) is 0 Å². The molecule has 110 valence electrons. The van der Waals surface area contributed by atoms with Gasteiger partial charge in [0.05, 0.1) is 0 Å². The average molecular weight is 341 g/mol. The van der Waals surface area contributed by atoms with Gasteiger partial charge in [-0.2, -0.15) is 0 Å². The van der Waals surface area contributed by atoms with Crippen molar-refractivity contribution >= 4 is 27.7 Å². The second-order valence-electron chi connectivity index (χ2n) is 5.21. The van der Waals surface area contributed by atoms with Gasteiger partial charge in [0.25, 0.3) is 0 Å². The summed E-state index contributed by atoms with van der Waals surface area (Å²) >= 11 is 3.40. The summed E-state index contributed by atoms with van der Waals surface area (Å²) in [5.74, 6) is 0.0775. The SMILES string of the molecule is CC(CC(=O)NCc1cccc(Br)c1)CC(=O)N(C)C. The van der Waals surface area contributed by atoms with Crippen molar-refractivity contribution in [3.63, 3.8) is 0 Å². The highest BCUT2D eigenvalue weighted by atomic mass is 79.9. The van der Waals surface area contributed by atoms with Crippen LogP contribution in [0.3, 0.4) is 0 Å². The molecule has 0 radical (unpaired) electrons. The average Bonchev–Trinajstić information content (AvgIpc) is 2.36. The maximum atomic E-state index is 11.8. The van der Waals surface area contributed by atoms with E-state index in [1.165, 1.54) is 0 Å². The summed E-state index contributed by atoms with van der Waals surface area (Å²) < 4.78 is 0.995. The number of nitrogens with one attached hydrogen (secondary N) is 1. The molecule has 0 aromatic heterocycles. The van der Waals surface area contributed by atoms with Gasteiger partial charge < -0.3 is 10.2 Å². The fraction of sp³-hybridized carbons (Fsp3) is 0.467. The monoisotopic (exact) mass is 340 g/mol. The molecule has 0 spiro atoms. The molecule has 0 heterocycles. The zero-order chi connectivity index (χ0) is 15.1. The molecule has 5 heteroatoms. The third-order valence-corrected chi connectivity index (χ3v) is 3.43. The molecule has 1 aromatic carbocycles. The molecule has 0 aliphatic rings. The molecule has 1 unspecified atom stereocenters. The normalized spacial score (nSPS) is 11.8. The second kappa shape index (κ2) is 8.04. The Labute approximate surface area is 128 Å². The number of halogens is 1. The molecular formula is C15H21BrN2O2. The highest BCUT2D eigenvalue weighted by Crippen LogP contribution is 2.12. The summed E-state index contributed by atoms with van der Waals surface area (Å²) in [7, 11) is 3.45. The largest absolute Gasteiger partial charge is 0.352 e. The number of nitrogens with zero attached hydrogens (tertiary/aromatic N) is 1. The van der Waals surface area contributed by atoms with Crippen LogP contribution in [-0.4, -0.2) is 30.8 Å². The van der Waals surface area contributed by atoms with Gasteiger partial charge in [0, 0.05) is 38.0 Å². The molecule has 1 aromatic rings. The number of rotatable bonds is 6. The third kappa shape index (κ3) is 6.19. The number of benzene rings is 1. The van der Waals surface area contributed by atoms with E-state index in [9.17, 15) is 9.59 Å². The zero-order valence-corrected chi connectivity index (χ0v) is 13.7. The lowest BCUT2D eigenvalue weighted by Gasteiger charge is -2.15. The first kappa shape index (κ1) is 16.7. The smallest absolute Gasteiger partial charge is 0.222 e. The standard InChI is InChI=1S/C15H21BrN2O2/c1-11(8-15(20)18(2)3)7-14(19)17-10-12-5-4-6-13(16)9-12/h4-6,9,11H,7-8,10H2,1-3H3,(H,17,19). The molecule has 0 saturated heterocycles. The first-order valence-corrected chi connectivity index (χ1v) is 7.39. The molecule has 0 aliphatic carbocycles. The Morgan fingerprint density at radius 3 is 2.60 bits per heavy atom. The predicted molar refractivity (Wildman–Crippen MR) is 83.1 cm³/mol. The van der Waals surface area contributed by atoms with Gasteiger partial charge >= 0.3 is 0 Å². The fourth-order valence-corrected chi connectivity index (χ4v) is 2.24. The van der Waals surface area contributed by atoms with E-state index in [1.807, 2.05) is 31.2 Å². The van der Waals surface area contributed by atoms with Crippen LogP contribution in [0.25, 0.3) is 0 Å². The highest BCUT2D eigenvalue weighted by Gasteiger charge is 2.14. The number of carbonyl (C=O) groups is 2. The summed E-state index contributed by atoms with van der Waals surface area (Å²) in [5.41, 5.74) is 1.05. The molecule has 20 heavy (non-hydrogen) atoms. The van der Waals surface area contributed by atoms with E-state index in [0.717, 1.165) is 10.0 Å². The fourth-order valence-electron chi connectivity index (χ4n) is 1.79. The van der Waals surface area contributed by atoms with Crippen LogP contribution in [0.1, 0.15) is 25.3 Å². The first-order valence-electron chi connectivity index (χ1n) is 6.59. The van der Waals surface area contributed by atoms with Crippen LogP contribution in [0, 0.1) is 5.92 Å². The summed E-state index contributed by atoms with van der Waals surface area (Å²) in [6, 6.07) is 7.81. The number of hydrogen-bond acceptors (Lipinski definition) is 2. The highest BCUT2D eigenvalue weighted by molar-refractivity contribution is 9.10. The Morgan fingerprint density at radius 1 is 1.30 bits per heavy atom. The van der Waals surface area contributed by atoms with Crippen molar-refractivity contribution < 1.29 is 9.59 Å². The Balaban J connectivity index is 2.35. The quantitative estimate of drug-likeness (QED) is 0.865. The van der Waals surface area contributed by atoms with Crippen molar-refractivity contribution in [1.29, 1.82) is 0 Å². The third-order valence-electron chi connectivity index (χ3n) is 2.93. The van der Waals surface area contributed by atoms with Crippen LogP contribution in [-0.2, 0) is 16.1 Å². The summed E-state index contributed by atoms with van der Waals surface area (Å²) in [6.07, 6.45) is 0.769. The molecule has 1 rings (SSSR count). The van der Waals surface area contributed by atoms with Crippen molar-refractivity contribution in [1.82, 2.24) is 10.2 Å². The van der Waals surface area contributed by atoms with Crippen molar-refractivity contribution in [2.75, 3.05) is 14.1 Å². The lowest BCUT2D eigenvalue weighted by atomic mass is 10.0. The Kier molecular flexibility index (Phi) is 6.71. The van der Waals surface area contributed by atoms with E-state index >= 15 is 0 Å². The van der Waals surface area contributed by atoms with E-state index in [0.29, 0.717) is 19.4 Å². The van der Waals surface area contributed by atoms with Crippen LogP contribution in [0.4, 0.5) is 0 Å². The Morgan fingerprint density at radius 2 is 2.00 bits per heavy atom. The maximum Gasteiger partial charge on any atom is 0.222 e. The zero-order valence-electron chi connectivity index (χ0n) is 12.1. The van der Waals surface area contributed by atoms with Gasteiger partial charge in [-0.25, -0.2) is 0 Å². The minimum atomic E-state index is -0.0240. The number of amides is 2. The van der Waals surface area contributed by atoms with Gasteiger partial charge in [0.1, 0.15) is 0 Å². The van der Waals surface area contributed by atoms with Gasteiger partial charge in [-0.05, 0) is 23.6 Å². The van der Waals surface area contributed by atoms with Gasteiger partial charge in [-0.1, -0.05) is 35.0 Å². The molecule has 0 bridgehead atoms. The molecule has 1 atom stereocenters. The van der Waals surface area contributed by atoms with Gasteiger partial charge in [-0.3, -0.25) is 9.59 Å². The van der Waals surface area contributed by atoms with E-state index in [1.54, 1.807) is 19.0 Å². The lowest BCUT2D eigenvalue weighted by molar-refractivity contribution is -0.130. The topological polar surface area (TPSA) is 49.4 Å². The maximum absolute atomic E-state index is 11.8. The Hall–Kier alpha value is -1.36. The molecule has 4 nitrogen and oxygen atoms in total.